The predicted octanol–water partition coefficient (Wildman–Crippen LogP) is 3.26. The van der Waals surface area contributed by atoms with Crippen molar-refractivity contribution in [1.82, 2.24) is 10.2 Å². The summed E-state index contributed by atoms with van der Waals surface area (Å²) in [5, 5.41) is 3.38. The van der Waals surface area contributed by atoms with Gasteiger partial charge in [0.05, 0.1) is 6.54 Å². The van der Waals surface area contributed by atoms with Crippen molar-refractivity contribution in [3.63, 3.8) is 0 Å². The van der Waals surface area contributed by atoms with Gasteiger partial charge in [0.25, 0.3) is 0 Å². The van der Waals surface area contributed by atoms with Gasteiger partial charge in [-0.25, -0.2) is 0 Å². The third-order valence-corrected chi connectivity index (χ3v) is 4.96. The zero-order chi connectivity index (χ0) is 14.7. The number of carbonyl (C=O) groups excluding carboxylic acids is 1. The highest BCUT2D eigenvalue weighted by molar-refractivity contribution is 5.81. The number of aryl methyl sites for hydroxylation is 1. The van der Waals surface area contributed by atoms with Crippen LogP contribution in [0.2, 0.25) is 0 Å². The Morgan fingerprint density at radius 1 is 1.14 bits per heavy atom. The van der Waals surface area contributed by atoms with Crippen LogP contribution >= 0.6 is 0 Å². The fourth-order valence-corrected chi connectivity index (χ4v) is 3.63. The van der Waals surface area contributed by atoms with E-state index in [4.69, 9.17) is 0 Å². The summed E-state index contributed by atoms with van der Waals surface area (Å²) in [5.41, 5.74) is 2.57. The van der Waals surface area contributed by atoms with Crippen LogP contribution in [0.5, 0.6) is 0 Å². The molecule has 1 saturated heterocycles. The van der Waals surface area contributed by atoms with Gasteiger partial charge in [-0.05, 0) is 36.3 Å². The second-order valence-electron chi connectivity index (χ2n) is 6.43. The Morgan fingerprint density at radius 2 is 1.86 bits per heavy atom. The highest BCUT2D eigenvalue weighted by Gasteiger charge is 2.33. The molecular formula is C18H26N2O. The van der Waals surface area contributed by atoms with E-state index in [9.17, 15) is 4.79 Å². The number of nitrogens with one attached hydrogen (secondary N) is 1. The summed E-state index contributed by atoms with van der Waals surface area (Å²) in [5.74, 6) is 0.949. The van der Waals surface area contributed by atoms with Crippen molar-refractivity contribution in [3.8, 4) is 0 Å². The van der Waals surface area contributed by atoms with Crippen molar-refractivity contribution in [1.29, 1.82) is 0 Å². The molecule has 0 spiro atoms. The Balaban J connectivity index is 1.71. The van der Waals surface area contributed by atoms with Gasteiger partial charge in [0, 0.05) is 6.54 Å². The number of carbonyl (C=O) groups is 1. The predicted molar refractivity (Wildman–Crippen MR) is 84.9 cm³/mol. The fourth-order valence-electron chi connectivity index (χ4n) is 3.63. The molecule has 2 fully saturated rings. The lowest BCUT2D eigenvalue weighted by atomic mass is 9.89. The molecule has 1 aromatic carbocycles. The quantitative estimate of drug-likeness (QED) is 0.921. The van der Waals surface area contributed by atoms with Crippen molar-refractivity contribution in [2.45, 2.75) is 51.6 Å². The molecule has 0 aromatic heterocycles. The maximum Gasteiger partial charge on any atom is 0.238 e. The molecule has 0 bridgehead atoms. The molecule has 1 aliphatic heterocycles. The summed E-state index contributed by atoms with van der Waals surface area (Å²) in [6, 6.07) is 8.70. The third-order valence-electron chi connectivity index (χ3n) is 4.96. The van der Waals surface area contributed by atoms with E-state index in [0.717, 1.165) is 13.0 Å². The normalized spacial score (nSPS) is 23.8. The first-order valence-electron chi connectivity index (χ1n) is 8.39. The minimum Gasteiger partial charge on any atom is -0.322 e. The maximum absolute atomic E-state index is 12.2. The highest BCUT2D eigenvalue weighted by atomic mass is 16.2. The van der Waals surface area contributed by atoms with Gasteiger partial charge in [-0.2, -0.15) is 0 Å². The Kier molecular flexibility index (Phi) is 4.59. The van der Waals surface area contributed by atoms with Crippen molar-refractivity contribution >= 4 is 5.91 Å². The zero-order valence-electron chi connectivity index (χ0n) is 13.0. The van der Waals surface area contributed by atoms with Gasteiger partial charge in [-0.15, -0.1) is 0 Å². The van der Waals surface area contributed by atoms with Crippen LogP contribution in [-0.4, -0.2) is 23.9 Å². The van der Waals surface area contributed by atoms with Crippen LogP contribution in [0.25, 0.3) is 0 Å². The minimum absolute atomic E-state index is 0.0744. The topological polar surface area (TPSA) is 32.3 Å². The van der Waals surface area contributed by atoms with Gasteiger partial charge in [0.15, 0.2) is 0 Å². The van der Waals surface area contributed by atoms with E-state index in [2.05, 4.69) is 41.4 Å². The molecule has 1 heterocycles. The first-order chi connectivity index (χ1) is 10.3. The number of rotatable bonds is 4. The first kappa shape index (κ1) is 14.6. The van der Waals surface area contributed by atoms with Crippen LogP contribution in [0, 0.1) is 5.92 Å². The first-order valence-corrected chi connectivity index (χ1v) is 8.39. The summed E-state index contributed by atoms with van der Waals surface area (Å²) in [7, 11) is 0. The summed E-state index contributed by atoms with van der Waals surface area (Å²) in [4.78, 5) is 14.3. The molecule has 3 rings (SSSR count). The lowest BCUT2D eigenvalue weighted by Crippen LogP contribution is -2.35. The molecule has 2 aliphatic rings. The molecule has 1 amide bonds. The van der Waals surface area contributed by atoms with E-state index >= 15 is 0 Å². The summed E-state index contributed by atoms with van der Waals surface area (Å²) in [6.07, 6.45) is 7.72. The molecule has 1 atom stereocenters. The molecule has 1 saturated carbocycles. The van der Waals surface area contributed by atoms with E-state index in [-0.39, 0.29) is 12.1 Å². The molecular weight excluding hydrogens is 260 g/mol. The van der Waals surface area contributed by atoms with Crippen LogP contribution in [-0.2, 0) is 11.2 Å². The van der Waals surface area contributed by atoms with Crippen molar-refractivity contribution in [2.24, 2.45) is 5.92 Å². The number of nitrogens with zero attached hydrogens (tertiary/aromatic N) is 1. The molecule has 1 aromatic rings. The van der Waals surface area contributed by atoms with Crippen LogP contribution in [0.1, 0.15) is 56.3 Å². The summed E-state index contributed by atoms with van der Waals surface area (Å²) < 4.78 is 0. The molecule has 1 aliphatic carbocycles. The third kappa shape index (κ3) is 3.29. The molecule has 3 nitrogen and oxygen atoms in total. The van der Waals surface area contributed by atoms with Crippen molar-refractivity contribution < 1.29 is 4.79 Å². The SMILES string of the molecule is CCc1ccc(C2NCC(=O)N2CC2CCCCC2)cc1. The Hall–Kier alpha value is -1.35. The van der Waals surface area contributed by atoms with Crippen LogP contribution in [0.15, 0.2) is 24.3 Å². The van der Waals surface area contributed by atoms with Gasteiger partial charge in [0.1, 0.15) is 6.17 Å². The van der Waals surface area contributed by atoms with Gasteiger partial charge < -0.3 is 4.90 Å². The van der Waals surface area contributed by atoms with E-state index in [1.807, 2.05) is 0 Å². The average molecular weight is 286 g/mol. The molecule has 0 radical (unpaired) electrons. The van der Waals surface area contributed by atoms with Crippen molar-refractivity contribution in [3.05, 3.63) is 35.4 Å². The van der Waals surface area contributed by atoms with Crippen LogP contribution in [0.4, 0.5) is 0 Å². The fraction of sp³-hybridized carbons (Fsp3) is 0.611. The zero-order valence-corrected chi connectivity index (χ0v) is 13.0. The Morgan fingerprint density at radius 3 is 2.52 bits per heavy atom. The van der Waals surface area contributed by atoms with Gasteiger partial charge in [-0.1, -0.05) is 50.5 Å². The number of amides is 1. The summed E-state index contributed by atoms with van der Waals surface area (Å²) >= 11 is 0. The number of benzene rings is 1. The summed E-state index contributed by atoms with van der Waals surface area (Å²) in [6.45, 7) is 3.57. The second-order valence-corrected chi connectivity index (χ2v) is 6.43. The average Bonchev–Trinajstić information content (AvgIpc) is 2.90. The van der Waals surface area contributed by atoms with Crippen LogP contribution < -0.4 is 5.32 Å². The standard InChI is InChI=1S/C18H26N2O/c1-2-14-8-10-16(11-9-14)18-19-12-17(21)20(18)13-15-6-4-3-5-7-15/h8-11,15,18-19H,2-7,12-13H2,1H3. The Labute approximate surface area is 127 Å². The van der Waals surface area contributed by atoms with E-state index in [1.54, 1.807) is 0 Å². The van der Waals surface area contributed by atoms with Gasteiger partial charge in [-0.3, -0.25) is 10.1 Å². The molecule has 114 valence electrons. The highest BCUT2D eigenvalue weighted by Crippen LogP contribution is 2.29. The molecule has 1 N–H and O–H groups in total. The molecule has 3 heteroatoms. The smallest absolute Gasteiger partial charge is 0.238 e. The lowest BCUT2D eigenvalue weighted by molar-refractivity contribution is -0.128. The van der Waals surface area contributed by atoms with Gasteiger partial charge in [0.2, 0.25) is 5.91 Å². The molecule has 21 heavy (non-hydrogen) atoms. The van der Waals surface area contributed by atoms with E-state index in [1.165, 1.54) is 43.2 Å². The molecule has 1 unspecified atom stereocenters. The monoisotopic (exact) mass is 286 g/mol. The van der Waals surface area contributed by atoms with E-state index < -0.39 is 0 Å². The number of hydrogen-bond acceptors (Lipinski definition) is 2. The van der Waals surface area contributed by atoms with Crippen molar-refractivity contribution in [2.75, 3.05) is 13.1 Å². The van der Waals surface area contributed by atoms with E-state index in [0.29, 0.717) is 12.5 Å². The second kappa shape index (κ2) is 6.61. The Bertz CT molecular complexity index is 476. The van der Waals surface area contributed by atoms with Crippen LogP contribution in [0.3, 0.4) is 0 Å². The minimum atomic E-state index is 0.0744. The maximum atomic E-state index is 12.2. The largest absolute Gasteiger partial charge is 0.322 e. The van der Waals surface area contributed by atoms with Gasteiger partial charge >= 0.3 is 0 Å². The number of hydrogen-bond donors (Lipinski definition) is 1. The lowest BCUT2D eigenvalue weighted by Gasteiger charge is -2.31.